The Morgan fingerprint density at radius 2 is 2.04 bits per heavy atom. The summed E-state index contributed by atoms with van der Waals surface area (Å²) in [6.45, 7) is 2.51. The predicted octanol–water partition coefficient (Wildman–Crippen LogP) is 1.82. The van der Waals surface area contributed by atoms with Crippen molar-refractivity contribution in [2.24, 2.45) is 5.84 Å². The molecule has 8 N–H and O–H groups in total. The number of nitrogens with zero attached hydrogens (tertiary/aromatic N) is 1. The van der Waals surface area contributed by atoms with Crippen LogP contribution in [0, 0.1) is 0 Å². The minimum atomic E-state index is 0.102. The Labute approximate surface area is 154 Å². The maximum Gasteiger partial charge on any atom is 0.165 e. The largest absolute Gasteiger partial charge is 0.395 e. The fraction of sp³-hybridized carbons (Fsp3) is 0.421. The Bertz CT molecular complexity index is 703. The Morgan fingerprint density at radius 1 is 1.23 bits per heavy atom. The molecule has 2 unspecified atom stereocenters. The number of rotatable bonds is 7. The summed E-state index contributed by atoms with van der Waals surface area (Å²) in [4.78, 5) is 4.17. The first-order valence-electron chi connectivity index (χ1n) is 9.07. The van der Waals surface area contributed by atoms with Crippen molar-refractivity contribution in [3.05, 3.63) is 47.5 Å². The van der Waals surface area contributed by atoms with E-state index in [9.17, 15) is 0 Å². The first kappa shape index (κ1) is 18.4. The smallest absolute Gasteiger partial charge is 0.165 e. The van der Waals surface area contributed by atoms with Gasteiger partial charge in [0.1, 0.15) is 5.82 Å². The van der Waals surface area contributed by atoms with Gasteiger partial charge in [-0.3, -0.25) is 0 Å². The molecule has 2 aromatic rings. The molecule has 140 valence electrons. The van der Waals surface area contributed by atoms with E-state index in [2.05, 4.69) is 27.9 Å². The van der Waals surface area contributed by atoms with Crippen molar-refractivity contribution < 1.29 is 4.74 Å². The van der Waals surface area contributed by atoms with Crippen LogP contribution in [0.25, 0.3) is 0 Å². The van der Waals surface area contributed by atoms with Crippen molar-refractivity contribution in [2.75, 3.05) is 36.7 Å². The van der Waals surface area contributed by atoms with Crippen molar-refractivity contribution in [3.8, 4) is 0 Å². The van der Waals surface area contributed by atoms with E-state index >= 15 is 0 Å². The first-order chi connectivity index (χ1) is 12.7. The summed E-state index contributed by atoms with van der Waals surface area (Å²) in [5, 5.41) is 3.60. The molecule has 26 heavy (non-hydrogen) atoms. The molecule has 7 heteroatoms. The molecule has 1 saturated heterocycles. The van der Waals surface area contributed by atoms with Crippen molar-refractivity contribution in [1.29, 1.82) is 0 Å². The molecule has 0 radical (unpaired) electrons. The van der Waals surface area contributed by atoms with Gasteiger partial charge in [-0.2, -0.15) is 0 Å². The van der Waals surface area contributed by atoms with Gasteiger partial charge >= 0.3 is 0 Å². The zero-order chi connectivity index (χ0) is 18.4. The van der Waals surface area contributed by atoms with Crippen LogP contribution in [-0.2, 0) is 4.74 Å². The number of nitrogens with one attached hydrogen (secondary N) is 2. The topological polar surface area (TPSA) is 124 Å². The van der Waals surface area contributed by atoms with Crippen LogP contribution in [0.1, 0.15) is 36.3 Å². The van der Waals surface area contributed by atoms with Crippen LogP contribution < -0.4 is 28.1 Å². The third kappa shape index (κ3) is 4.43. The normalized spacial score (nSPS) is 18.4. The van der Waals surface area contributed by atoms with Gasteiger partial charge in [-0.05, 0) is 43.0 Å². The lowest BCUT2D eigenvalue weighted by Crippen LogP contribution is -2.37. The van der Waals surface area contributed by atoms with Crippen molar-refractivity contribution >= 4 is 17.3 Å². The van der Waals surface area contributed by atoms with Crippen molar-refractivity contribution in [3.63, 3.8) is 0 Å². The second-order valence-corrected chi connectivity index (χ2v) is 6.66. The molecule has 7 nitrogen and oxygen atoms in total. The number of benzene rings is 1. The molecule has 1 fully saturated rings. The average molecular weight is 356 g/mol. The van der Waals surface area contributed by atoms with Crippen LogP contribution in [0.4, 0.5) is 17.3 Å². The number of pyridine rings is 1. The fourth-order valence-electron chi connectivity index (χ4n) is 3.51. The van der Waals surface area contributed by atoms with Crippen LogP contribution >= 0.6 is 0 Å². The van der Waals surface area contributed by atoms with Crippen LogP contribution in [0.5, 0.6) is 0 Å². The number of hydrogen-bond donors (Lipinski definition) is 5. The number of nitrogens with two attached hydrogens (primary N) is 3. The molecule has 1 aliphatic heterocycles. The Morgan fingerprint density at radius 3 is 2.73 bits per heavy atom. The van der Waals surface area contributed by atoms with Gasteiger partial charge in [0.05, 0.1) is 12.3 Å². The van der Waals surface area contributed by atoms with Gasteiger partial charge in [0.25, 0.3) is 0 Å². The first-order valence-corrected chi connectivity index (χ1v) is 9.07. The Balaban J connectivity index is 1.81. The van der Waals surface area contributed by atoms with Gasteiger partial charge in [-0.1, -0.05) is 30.3 Å². The molecule has 0 amide bonds. The number of aromatic nitrogens is 1. The SMILES string of the molecule is NNc1nc(N)cc(C(CCNC2CCCOC2)c2ccccc2)c1N. The summed E-state index contributed by atoms with van der Waals surface area (Å²) >= 11 is 0. The lowest BCUT2D eigenvalue weighted by molar-refractivity contribution is 0.0704. The molecule has 0 saturated carbocycles. The summed E-state index contributed by atoms with van der Waals surface area (Å²) in [5.41, 5.74) is 17.5. The number of anilines is 3. The second kappa shape index (κ2) is 8.84. The molecule has 0 bridgehead atoms. The summed E-state index contributed by atoms with van der Waals surface area (Å²) in [5.74, 6) is 6.46. The Hall–Kier alpha value is -2.35. The highest BCUT2D eigenvalue weighted by molar-refractivity contribution is 5.70. The third-order valence-corrected chi connectivity index (χ3v) is 4.85. The molecule has 1 aromatic heterocycles. The highest BCUT2D eigenvalue weighted by Crippen LogP contribution is 2.35. The van der Waals surface area contributed by atoms with E-state index < -0.39 is 0 Å². The maximum atomic E-state index is 6.31. The second-order valence-electron chi connectivity index (χ2n) is 6.66. The van der Waals surface area contributed by atoms with E-state index in [0.717, 1.165) is 44.6 Å². The van der Waals surface area contributed by atoms with E-state index in [4.69, 9.17) is 22.0 Å². The standard InChI is InChI=1S/C19H28N6O/c20-17-11-16(18(21)19(24-17)25-22)15(13-5-2-1-3-6-13)8-9-23-14-7-4-10-26-12-14/h1-3,5-6,11,14-15,23H,4,7-10,12,21-22H2,(H3,20,24,25). The lowest BCUT2D eigenvalue weighted by atomic mass is 9.87. The number of ether oxygens (including phenoxy) is 1. The third-order valence-electron chi connectivity index (χ3n) is 4.85. The molecule has 0 spiro atoms. The molecule has 2 heterocycles. The zero-order valence-corrected chi connectivity index (χ0v) is 14.9. The van der Waals surface area contributed by atoms with Gasteiger partial charge < -0.3 is 26.9 Å². The van der Waals surface area contributed by atoms with Crippen molar-refractivity contribution in [2.45, 2.75) is 31.2 Å². The Kier molecular flexibility index (Phi) is 6.27. The van der Waals surface area contributed by atoms with Crippen LogP contribution in [0.3, 0.4) is 0 Å². The predicted molar refractivity (Wildman–Crippen MR) is 106 cm³/mol. The summed E-state index contributed by atoms with van der Waals surface area (Å²) in [6.07, 6.45) is 3.15. The molecular weight excluding hydrogens is 328 g/mol. The highest BCUT2D eigenvalue weighted by atomic mass is 16.5. The van der Waals surface area contributed by atoms with E-state index in [1.54, 1.807) is 0 Å². The van der Waals surface area contributed by atoms with Crippen LogP contribution in [-0.4, -0.2) is 30.8 Å². The molecular formula is C19H28N6O. The van der Waals surface area contributed by atoms with Gasteiger partial charge in [0.2, 0.25) is 0 Å². The quantitative estimate of drug-likeness (QED) is 0.378. The number of nitrogen functional groups attached to an aromatic ring is 3. The average Bonchev–Trinajstić information content (AvgIpc) is 2.68. The zero-order valence-electron chi connectivity index (χ0n) is 14.9. The minimum Gasteiger partial charge on any atom is -0.395 e. The van der Waals surface area contributed by atoms with E-state index in [0.29, 0.717) is 23.4 Å². The molecule has 2 atom stereocenters. The maximum absolute atomic E-state index is 6.31. The number of hydrogen-bond acceptors (Lipinski definition) is 7. The van der Waals surface area contributed by atoms with Gasteiger partial charge in [-0.15, -0.1) is 0 Å². The van der Waals surface area contributed by atoms with Gasteiger partial charge in [0, 0.05) is 18.6 Å². The fourth-order valence-corrected chi connectivity index (χ4v) is 3.51. The van der Waals surface area contributed by atoms with Crippen LogP contribution in [0.15, 0.2) is 36.4 Å². The van der Waals surface area contributed by atoms with Gasteiger partial charge in [0.15, 0.2) is 5.82 Å². The minimum absolute atomic E-state index is 0.102. The molecule has 1 aliphatic rings. The summed E-state index contributed by atoms with van der Waals surface area (Å²) in [6, 6.07) is 12.6. The van der Waals surface area contributed by atoms with Crippen LogP contribution in [0.2, 0.25) is 0 Å². The molecule has 1 aromatic carbocycles. The van der Waals surface area contributed by atoms with E-state index in [1.165, 1.54) is 5.56 Å². The van der Waals surface area contributed by atoms with Gasteiger partial charge in [-0.25, -0.2) is 10.8 Å². The summed E-state index contributed by atoms with van der Waals surface area (Å²) < 4.78 is 5.54. The lowest BCUT2D eigenvalue weighted by Gasteiger charge is -2.26. The van der Waals surface area contributed by atoms with E-state index in [1.807, 2.05) is 24.3 Å². The number of hydrazine groups is 1. The summed E-state index contributed by atoms with van der Waals surface area (Å²) in [7, 11) is 0. The highest BCUT2D eigenvalue weighted by Gasteiger charge is 2.21. The molecule has 3 rings (SSSR count). The molecule has 0 aliphatic carbocycles. The van der Waals surface area contributed by atoms with Crippen molar-refractivity contribution in [1.82, 2.24) is 10.3 Å². The monoisotopic (exact) mass is 356 g/mol. The van der Waals surface area contributed by atoms with E-state index in [-0.39, 0.29) is 5.92 Å².